The van der Waals surface area contributed by atoms with Crippen LogP contribution >= 0.6 is 11.8 Å². The highest BCUT2D eigenvalue weighted by molar-refractivity contribution is 7.99. The van der Waals surface area contributed by atoms with E-state index >= 15 is 0 Å². The Bertz CT molecular complexity index is 636. The fourth-order valence-corrected chi connectivity index (χ4v) is 4.33. The van der Waals surface area contributed by atoms with Crippen molar-refractivity contribution in [2.45, 2.75) is 31.1 Å². The second kappa shape index (κ2) is 7.15. The predicted octanol–water partition coefficient (Wildman–Crippen LogP) is 2.10. The largest absolute Gasteiger partial charge is 0.342 e. The summed E-state index contributed by atoms with van der Waals surface area (Å²) in [4.78, 5) is 29.8. The maximum absolute atomic E-state index is 12.6. The molecule has 130 valence electrons. The quantitative estimate of drug-likeness (QED) is 0.906. The Morgan fingerprint density at radius 1 is 1.21 bits per heavy atom. The van der Waals surface area contributed by atoms with Gasteiger partial charge in [-0.05, 0) is 30.5 Å². The molecule has 2 amide bonds. The van der Waals surface area contributed by atoms with Crippen molar-refractivity contribution < 1.29 is 9.59 Å². The fraction of sp³-hybridized carbons (Fsp3) is 0.556. The van der Waals surface area contributed by atoms with Gasteiger partial charge in [0, 0.05) is 43.1 Å². The van der Waals surface area contributed by atoms with E-state index in [1.807, 2.05) is 34.1 Å². The van der Waals surface area contributed by atoms with Crippen molar-refractivity contribution >= 4 is 29.3 Å². The van der Waals surface area contributed by atoms with E-state index in [4.69, 9.17) is 5.73 Å². The third-order valence-electron chi connectivity index (χ3n) is 4.99. The van der Waals surface area contributed by atoms with Crippen LogP contribution in [0.25, 0.3) is 0 Å². The molecule has 1 aromatic carbocycles. The van der Waals surface area contributed by atoms with Crippen molar-refractivity contribution in [1.82, 2.24) is 4.90 Å². The second-order valence-electron chi connectivity index (χ2n) is 6.94. The Labute approximate surface area is 147 Å². The van der Waals surface area contributed by atoms with Crippen molar-refractivity contribution in [2.24, 2.45) is 11.1 Å². The summed E-state index contributed by atoms with van der Waals surface area (Å²) in [5, 5.41) is 0. The molecule has 6 heteroatoms. The lowest BCUT2D eigenvalue weighted by molar-refractivity contribution is -0.132. The van der Waals surface area contributed by atoms with Crippen LogP contribution in [0.15, 0.2) is 29.2 Å². The first kappa shape index (κ1) is 17.3. The van der Waals surface area contributed by atoms with Crippen LogP contribution in [0.3, 0.4) is 0 Å². The van der Waals surface area contributed by atoms with Crippen LogP contribution in [0.4, 0.5) is 5.69 Å². The summed E-state index contributed by atoms with van der Waals surface area (Å²) in [5.41, 5.74) is 6.80. The van der Waals surface area contributed by atoms with Gasteiger partial charge in [0.25, 0.3) is 0 Å². The Morgan fingerprint density at radius 2 is 1.96 bits per heavy atom. The molecule has 1 fully saturated rings. The number of carbonyl (C=O) groups is 2. The molecule has 1 unspecified atom stereocenters. The molecule has 3 rings (SSSR count). The number of nitrogens with zero attached hydrogens (tertiary/aromatic N) is 2. The number of likely N-dealkylation sites (tertiary alicyclic amines) is 1. The van der Waals surface area contributed by atoms with E-state index in [0.717, 1.165) is 29.3 Å². The first-order valence-electron chi connectivity index (χ1n) is 8.52. The number of fused-ring (bicyclic) bond motifs is 1. The summed E-state index contributed by atoms with van der Waals surface area (Å²) in [6.07, 6.45) is 1.50. The summed E-state index contributed by atoms with van der Waals surface area (Å²) in [6, 6.07) is 7.97. The topological polar surface area (TPSA) is 66.6 Å². The predicted molar refractivity (Wildman–Crippen MR) is 97.1 cm³/mol. The smallest absolute Gasteiger partial charge is 0.227 e. The van der Waals surface area contributed by atoms with Gasteiger partial charge in [-0.1, -0.05) is 19.1 Å². The van der Waals surface area contributed by atoms with Gasteiger partial charge < -0.3 is 15.5 Å². The molecule has 5 nitrogen and oxygen atoms in total. The van der Waals surface area contributed by atoms with Gasteiger partial charge in [0.05, 0.1) is 5.69 Å². The maximum atomic E-state index is 12.6. The van der Waals surface area contributed by atoms with E-state index < -0.39 is 0 Å². The lowest BCUT2D eigenvalue weighted by Gasteiger charge is -2.29. The highest BCUT2D eigenvalue weighted by Gasteiger charge is 2.35. The van der Waals surface area contributed by atoms with Crippen molar-refractivity contribution in [3.05, 3.63) is 24.3 Å². The van der Waals surface area contributed by atoms with E-state index in [1.54, 1.807) is 11.8 Å². The van der Waals surface area contributed by atoms with Gasteiger partial charge in [0.15, 0.2) is 0 Å². The van der Waals surface area contributed by atoms with Crippen LogP contribution in [-0.2, 0) is 9.59 Å². The molecule has 0 bridgehead atoms. The third-order valence-corrected chi connectivity index (χ3v) is 6.03. The number of nitrogens with two attached hydrogens (primary N) is 1. The summed E-state index contributed by atoms with van der Waals surface area (Å²) in [5.74, 6) is 1.01. The molecule has 1 atom stereocenters. The highest BCUT2D eigenvalue weighted by Crippen LogP contribution is 2.35. The first-order chi connectivity index (χ1) is 11.5. The van der Waals surface area contributed by atoms with Gasteiger partial charge >= 0.3 is 0 Å². The zero-order valence-electron chi connectivity index (χ0n) is 14.2. The van der Waals surface area contributed by atoms with E-state index in [1.165, 1.54) is 0 Å². The molecule has 24 heavy (non-hydrogen) atoms. The standard InChI is InChI=1S/C18H25N3O2S/c1-18(12-19)8-9-20(13-18)16(22)6-7-17(23)21-10-11-24-15-5-3-2-4-14(15)21/h2-5H,6-13,19H2,1H3. The molecule has 2 N–H and O–H groups in total. The van der Waals surface area contributed by atoms with Gasteiger partial charge in [-0.15, -0.1) is 11.8 Å². The number of hydrogen-bond donors (Lipinski definition) is 1. The Balaban J connectivity index is 1.56. The monoisotopic (exact) mass is 347 g/mol. The minimum Gasteiger partial charge on any atom is -0.342 e. The van der Waals surface area contributed by atoms with Gasteiger partial charge in [-0.25, -0.2) is 0 Å². The van der Waals surface area contributed by atoms with Crippen molar-refractivity contribution in [2.75, 3.05) is 36.8 Å². The average Bonchev–Trinajstić information content (AvgIpc) is 3.02. The number of amides is 2. The minimum absolute atomic E-state index is 0.0305. The Kier molecular flexibility index (Phi) is 5.15. The molecule has 0 radical (unpaired) electrons. The summed E-state index contributed by atoms with van der Waals surface area (Å²) >= 11 is 1.78. The molecule has 2 aliphatic rings. The number of para-hydroxylation sites is 1. The van der Waals surface area contributed by atoms with E-state index in [2.05, 4.69) is 6.92 Å². The van der Waals surface area contributed by atoms with Gasteiger partial charge in [-0.3, -0.25) is 9.59 Å². The van der Waals surface area contributed by atoms with Crippen LogP contribution in [0.5, 0.6) is 0 Å². The average molecular weight is 347 g/mol. The van der Waals surface area contributed by atoms with E-state index in [-0.39, 0.29) is 30.1 Å². The van der Waals surface area contributed by atoms with E-state index in [0.29, 0.717) is 19.6 Å². The molecule has 2 aliphatic heterocycles. The fourth-order valence-electron chi connectivity index (χ4n) is 3.34. The summed E-state index contributed by atoms with van der Waals surface area (Å²) < 4.78 is 0. The lowest BCUT2D eigenvalue weighted by Crippen LogP contribution is -2.37. The van der Waals surface area contributed by atoms with Crippen LogP contribution in [-0.4, -0.2) is 48.6 Å². The maximum Gasteiger partial charge on any atom is 0.227 e. The molecule has 2 heterocycles. The van der Waals surface area contributed by atoms with Crippen LogP contribution in [0.2, 0.25) is 0 Å². The molecule has 1 saturated heterocycles. The molecule has 1 aromatic rings. The lowest BCUT2D eigenvalue weighted by atomic mass is 9.90. The first-order valence-corrected chi connectivity index (χ1v) is 9.51. The summed E-state index contributed by atoms with van der Waals surface area (Å²) in [7, 11) is 0. The van der Waals surface area contributed by atoms with E-state index in [9.17, 15) is 9.59 Å². The van der Waals surface area contributed by atoms with Crippen LogP contribution in [0.1, 0.15) is 26.2 Å². The van der Waals surface area contributed by atoms with Crippen molar-refractivity contribution in [3.8, 4) is 0 Å². The van der Waals surface area contributed by atoms with Crippen molar-refractivity contribution in [1.29, 1.82) is 0 Å². The zero-order valence-corrected chi connectivity index (χ0v) is 15.0. The highest BCUT2D eigenvalue weighted by atomic mass is 32.2. The second-order valence-corrected chi connectivity index (χ2v) is 8.08. The molecular formula is C18H25N3O2S. The van der Waals surface area contributed by atoms with Crippen LogP contribution in [0, 0.1) is 5.41 Å². The summed E-state index contributed by atoms with van der Waals surface area (Å²) in [6.45, 7) is 4.89. The normalized spacial score (nSPS) is 23.2. The van der Waals surface area contributed by atoms with Gasteiger partial charge in [-0.2, -0.15) is 0 Å². The third kappa shape index (κ3) is 3.59. The van der Waals surface area contributed by atoms with Gasteiger partial charge in [0.1, 0.15) is 0 Å². The molecule has 0 spiro atoms. The number of benzene rings is 1. The molecule has 0 saturated carbocycles. The molecule has 0 aliphatic carbocycles. The van der Waals surface area contributed by atoms with Crippen molar-refractivity contribution in [3.63, 3.8) is 0 Å². The minimum atomic E-state index is 0.0305. The number of hydrogen-bond acceptors (Lipinski definition) is 4. The number of anilines is 1. The van der Waals surface area contributed by atoms with Crippen LogP contribution < -0.4 is 10.6 Å². The number of thioether (sulfide) groups is 1. The SMILES string of the molecule is CC1(CN)CCN(C(=O)CCC(=O)N2CCSc3ccccc32)C1. The zero-order chi connectivity index (χ0) is 17.2. The number of rotatable bonds is 4. The number of carbonyl (C=O) groups excluding carboxylic acids is 2. The Hall–Kier alpha value is -1.53. The molecular weight excluding hydrogens is 322 g/mol. The molecule has 0 aromatic heterocycles. The van der Waals surface area contributed by atoms with Gasteiger partial charge in [0.2, 0.25) is 11.8 Å². The Morgan fingerprint density at radius 3 is 2.71 bits per heavy atom.